The highest BCUT2D eigenvalue weighted by Gasteiger charge is 2.25. The first kappa shape index (κ1) is 23.2. The summed E-state index contributed by atoms with van der Waals surface area (Å²) in [5, 5.41) is 3.37. The summed E-state index contributed by atoms with van der Waals surface area (Å²) in [6.07, 6.45) is -1.12. The second-order valence-corrected chi connectivity index (χ2v) is 8.64. The molecule has 0 bridgehead atoms. The molecule has 0 aliphatic rings. The summed E-state index contributed by atoms with van der Waals surface area (Å²) in [6.45, 7) is 3.72. The van der Waals surface area contributed by atoms with Crippen molar-refractivity contribution in [3.05, 3.63) is 64.7 Å². The van der Waals surface area contributed by atoms with Gasteiger partial charge in [-0.15, -0.1) is 11.3 Å². The second-order valence-electron chi connectivity index (χ2n) is 7.52. The van der Waals surface area contributed by atoms with Crippen molar-refractivity contribution >= 4 is 39.5 Å². The molecule has 3 rings (SSSR count). The summed E-state index contributed by atoms with van der Waals surface area (Å²) >= 11 is 1.52. The minimum absolute atomic E-state index is 0.146. The third-order valence-corrected chi connectivity index (χ3v) is 6.02. The Morgan fingerprint density at radius 2 is 1.84 bits per heavy atom. The van der Waals surface area contributed by atoms with Crippen molar-refractivity contribution in [2.45, 2.75) is 39.0 Å². The van der Waals surface area contributed by atoms with E-state index in [0.717, 1.165) is 26.4 Å². The van der Waals surface area contributed by atoms with Gasteiger partial charge in [-0.3, -0.25) is 9.59 Å². The topological polar surface area (TPSA) is 115 Å². The number of para-hydroxylation sites is 1. The summed E-state index contributed by atoms with van der Waals surface area (Å²) in [5.41, 5.74) is 7.83. The summed E-state index contributed by atoms with van der Waals surface area (Å²) in [6, 6.07) is 13.7. The molecule has 0 aliphatic heterocycles. The van der Waals surface area contributed by atoms with Crippen LogP contribution in [0.3, 0.4) is 0 Å². The van der Waals surface area contributed by atoms with Crippen LogP contribution in [0.5, 0.6) is 0 Å². The van der Waals surface area contributed by atoms with Crippen LogP contribution in [0.4, 0.5) is 4.79 Å². The van der Waals surface area contributed by atoms with Gasteiger partial charge in [-0.05, 0) is 37.1 Å². The lowest BCUT2D eigenvalue weighted by Crippen LogP contribution is -2.38. The number of hydrogen-bond acceptors (Lipinski definition) is 6. The molecule has 3 N–H and O–H groups in total. The predicted octanol–water partition coefficient (Wildman–Crippen LogP) is 3.29. The molecule has 32 heavy (non-hydrogen) atoms. The normalized spacial score (nSPS) is 12.7. The van der Waals surface area contributed by atoms with Crippen molar-refractivity contribution in [3.8, 4) is 0 Å². The first-order valence-electron chi connectivity index (χ1n) is 10.1. The van der Waals surface area contributed by atoms with Crippen molar-refractivity contribution < 1.29 is 19.1 Å². The molecule has 0 fully saturated rings. The van der Waals surface area contributed by atoms with E-state index in [2.05, 4.69) is 10.3 Å². The van der Waals surface area contributed by atoms with Crippen molar-refractivity contribution in [2.75, 3.05) is 7.05 Å². The zero-order chi connectivity index (χ0) is 23.3. The molecule has 9 heteroatoms. The van der Waals surface area contributed by atoms with Crippen LogP contribution in [0, 0.1) is 6.92 Å². The van der Waals surface area contributed by atoms with Crippen LogP contribution < -0.4 is 11.1 Å². The van der Waals surface area contributed by atoms with E-state index in [9.17, 15) is 14.4 Å². The van der Waals surface area contributed by atoms with Crippen LogP contribution in [0.2, 0.25) is 0 Å². The summed E-state index contributed by atoms with van der Waals surface area (Å²) in [5.74, 6) is -0.950. The molecule has 2 unspecified atom stereocenters. The molecule has 8 nitrogen and oxygen atoms in total. The van der Waals surface area contributed by atoms with Gasteiger partial charge in [0, 0.05) is 7.05 Å². The Morgan fingerprint density at radius 3 is 2.53 bits per heavy atom. The van der Waals surface area contributed by atoms with E-state index in [1.165, 1.54) is 23.2 Å². The van der Waals surface area contributed by atoms with Gasteiger partial charge in [0.25, 0.3) is 5.91 Å². The van der Waals surface area contributed by atoms with Crippen molar-refractivity contribution in [1.29, 1.82) is 0 Å². The van der Waals surface area contributed by atoms with Crippen LogP contribution in [-0.4, -0.2) is 40.9 Å². The highest BCUT2D eigenvalue weighted by Crippen LogP contribution is 2.23. The van der Waals surface area contributed by atoms with E-state index in [1.54, 1.807) is 7.05 Å². The van der Waals surface area contributed by atoms with Gasteiger partial charge < -0.3 is 20.7 Å². The monoisotopic (exact) mass is 454 g/mol. The zero-order valence-electron chi connectivity index (χ0n) is 18.2. The first-order valence-corrected chi connectivity index (χ1v) is 11.0. The number of likely N-dealkylation sites (N-methyl/N-ethyl adjacent to an activating group) is 1. The number of ether oxygens (including phenoxy) is 1. The Hall–Kier alpha value is -3.46. The predicted molar refractivity (Wildman–Crippen MR) is 123 cm³/mol. The molecule has 2 aromatic carbocycles. The van der Waals surface area contributed by atoms with E-state index >= 15 is 0 Å². The molecule has 2 atom stereocenters. The maximum Gasteiger partial charge on any atom is 0.312 e. The third kappa shape index (κ3) is 5.82. The van der Waals surface area contributed by atoms with E-state index in [-0.39, 0.29) is 12.3 Å². The van der Waals surface area contributed by atoms with Gasteiger partial charge in [-0.1, -0.05) is 36.4 Å². The quantitative estimate of drug-likeness (QED) is 0.507. The number of aryl methyl sites for hydroxylation is 1. The fourth-order valence-corrected chi connectivity index (χ4v) is 4.45. The number of amides is 3. The number of hydrogen-bond donors (Lipinski definition) is 2. The second kappa shape index (κ2) is 10.2. The third-order valence-electron chi connectivity index (χ3n) is 4.99. The van der Waals surface area contributed by atoms with Crippen LogP contribution in [0.25, 0.3) is 10.2 Å². The smallest absolute Gasteiger partial charge is 0.312 e. The molecular formula is C23H26N4O4S. The van der Waals surface area contributed by atoms with E-state index in [1.807, 2.05) is 55.5 Å². The Bertz CT molecular complexity index is 1100. The van der Waals surface area contributed by atoms with Gasteiger partial charge >= 0.3 is 12.0 Å². The number of carbonyl (C=O) groups excluding carboxylic acids is 3. The van der Waals surface area contributed by atoms with Gasteiger partial charge in [0.05, 0.1) is 29.2 Å². The van der Waals surface area contributed by atoms with Gasteiger partial charge in [-0.25, -0.2) is 9.78 Å². The average molecular weight is 455 g/mol. The van der Waals surface area contributed by atoms with Crippen LogP contribution in [-0.2, 0) is 20.9 Å². The van der Waals surface area contributed by atoms with Crippen LogP contribution in [0.15, 0.2) is 48.5 Å². The van der Waals surface area contributed by atoms with Gasteiger partial charge in [0.2, 0.25) is 0 Å². The Balaban J connectivity index is 1.60. The number of esters is 1. The lowest BCUT2D eigenvalue weighted by molar-refractivity contribution is -0.159. The number of nitrogens with zero attached hydrogens (tertiary/aromatic N) is 2. The van der Waals surface area contributed by atoms with Crippen molar-refractivity contribution in [3.63, 3.8) is 0 Å². The van der Waals surface area contributed by atoms with Gasteiger partial charge in [0.15, 0.2) is 6.10 Å². The molecule has 0 radical (unpaired) electrons. The summed E-state index contributed by atoms with van der Waals surface area (Å²) in [4.78, 5) is 42.7. The van der Waals surface area contributed by atoms with Crippen LogP contribution in [0.1, 0.15) is 35.5 Å². The fourth-order valence-electron chi connectivity index (χ4n) is 3.43. The highest BCUT2D eigenvalue weighted by molar-refractivity contribution is 7.18. The Kier molecular flexibility index (Phi) is 7.42. The maximum absolute atomic E-state index is 12.7. The molecular weight excluding hydrogens is 428 g/mol. The zero-order valence-corrected chi connectivity index (χ0v) is 19.0. The number of benzene rings is 2. The molecule has 3 amide bonds. The number of carbonyl (C=O) groups is 3. The number of primary amides is 1. The molecule has 0 saturated heterocycles. The number of aromatic nitrogens is 1. The van der Waals surface area contributed by atoms with Gasteiger partial charge in [0.1, 0.15) is 5.01 Å². The van der Waals surface area contributed by atoms with Crippen molar-refractivity contribution in [1.82, 2.24) is 15.2 Å². The van der Waals surface area contributed by atoms with Crippen LogP contribution >= 0.6 is 11.3 Å². The largest absolute Gasteiger partial charge is 0.452 e. The lowest BCUT2D eigenvalue weighted by Gasteiger charge is -2.23. The molecule has 168 valence electrons. The number of rotatable bonds is 8. The van der Waals surface area contributed by atoms with Crippen molar-refractivity contribution in [2.24, 2.45) is 5.73 Å². The van der Waals surface area contributed by atoms with E-state index in [4.69, 9.17) is 10.5 Å². The first-order chi connectivity index (χ1) is 15.2. The standard InChI is InChI=1S/C23H26N4O4S/c1-14-8-4-5-9-16(14)18(26-23(24)30)12-21(28)31-15(2)22(29)27(3)13-20-25-17-10-6-7-11-19(17)32-20/h4-11,15,18H,12-13H2,1-3H3,(H3,24,26,30). The molecule has 3 aromatic rings. The maximum atomic E-state index is 12.7. The summed E-state index contributed by atoms with van der Waals surface area (Å²) in [7, 11) is 1.64. The Labute approximate surface area is 190 Å². The SMILES string of the molecule is Cc1ccccc1C(CC(=O)OC(C)C(=O)N(C)Cc1nc2ccccc2s1)NC(N)=O. The summed E-state index contributed by atoms with van der Waals surface area (Å²) < 4.78 is 6.41. The fraction of sp³-hybridized carbons (Fsp3) is 0.304. The minimum atomic E-state index is -0.979. The molecule has 1 heterocycles. The van der Waals surface area contributed by atoms with E-state index in [0.29, 0.717) is 6.54 Å². The minimum Gasteiger partial charge on any atom is -0.452 e. The number of fused-ring (bicyclic) bond motifs is 1. The molecule has 0 saturated carbocycles. The number of urea groups is 1. The number of nitrogens with two attached hydrogens (primary N) is 1. The molecule has 0 spiro atoms. The lowest BCUT2D eigenvalue weighted by atomic mass is 9.99. The molecule has 1 aromatic heterocycles. The van der Waals surface area contributed by atoms with Gasteiger partial charge in [-0.2, -0.15) is 0 Å². The number of nitrogens with one attached hydrogen (secondary N) is 1. The number of thiazole rings is 1. The highest BCUT2D eigenvalue weighted by atomic mass is 32.1. The van der Waals surface area contributed by atoms with E-state index < -0.39 is 24.1 Å². The Morgan fingerprint density at radius 1 is 1.16 bits per heavy atom. The average Bonchev–Trinajstić information content (AvgIpc) is 3.14. The molecule has 0 aliphatic carbocycles.